The molecule has 0 saturated heterocycles. The minimum Gasteiger partial charge on any atom is -0.263 e. The number of aromatic amines is 1. The standard InChI is InChI=1S/C26H23N3/c1-3-10-21(11-4-1)24-15-8-16-25(18-24)23-14-7-9-20(17-23)19-29-27-26(28-29)22-12-5-2-6-13-22/h1-3,5-10,12-18H,4,11,19H2,(H,27,28). The van der Waals surface area contributed by atoms with Crippen LogP contribution in [0.4, 0.5) is 0 Å². The molecule has 3 nitrogen and oxygen atoms in total. The molecule has 0 spiro atoms. The predicted octanol–water partition coefficient (Wildman–Crippen LogP) is 6.33. The highest BCUT2D eigenvalue weighted by Gasteiger charge is 2.09. The van der Waals surface area contributed by atoms with Crippen LogP contribution >= 0.6 is 0 Å². The fourth-order valence-corrected chi connectivity index (χ4v) is 3.80. The maximum absolute atomic E-state index is 4.59. The minimum absolute atomic E-state index is 0.736. The monoisotopic (exact) mass is 377 g/mol. The summed E-state index contributed by atoms with van der Waals surface area (Å²) in [5.41, 5.74) is 7.57. The summed E-state index contributed by atoms with van der Waals surface area (Å²) in [6.45, 7) is 0.736. The lowest BCUT2D eigenvalue weighted by atomic mass is 9.94. The summed E-state index contributed by atoms with van der Waals surface area (Å²) >= 11 is 0. The van der Waals surface area contributed by atoms with Crippen LogP contribution in [0.15, 0.2) is 97.1 Å². The number of nitrogens with zero attached hydrogens (tertiary/aromatic N) is 2. The fourth-order valence-electron chi connectivity index (χ4n) is 3.80. The van der Waals surface area contributed by atoms with Gasteiger partial charge in [-0.2, -0.15) is 4.80 Å². The SMILES string of the molecule is C1=CCCC(c2cccc(-c3cccc(Cn4nc(-c5ccccc5)[nH]4)c3)c2)=C1. The number of H-pyrrole nitrogens is 1. The fraction of sp³-hybridized carbons (Fsp3) is 0.115. The van der Waals surface area contributed by atoms with Crippen molar-refractivity contribution >= 4 is 5.57 Å². The van der Waals surface area contributed by atoms with Gasteiger partial charge in [0, 0.05) is 5.56 Å². The van der Waals surface area contributed by atoms with Crippen LogP contribution < -0.4 is 0 Å². The summed E-state index contributed by atoms with van der Waals surface area (Å²) in [5, 5.41) is 7.91. The van der Waals surface area contributed by atoms with Crippen LogP contribution in [0.3, 0.4) is 0 Å². The maximum Gasteiger partial charge on any atom is 0.175 e. The quantitative estimate of drug-likeness (QED) is 0.433. The molecular weight excluding hydrogens is 354 g/mol. The Bertz CT molecular complexity index is 1160. The number of hydrogen-bond acceptors (Lipinski definition) is 1. The molecule has 5 rings (SSSR count). The van der Waals surface area contributed by atoms with Crippen molar-refractivity contribution in [2.75, 3.05) is 0 Å². The third-order valence-electron chi connectivity index (χ3n) is 5.34. The van der Waals surface area contributed by atoms with E-state index in [2.05, 4.69) is 89.1 Å². The Hall–Kier alpha value is -3.59. The average molecular weight is 377 g/mol. The molecule has 1 aliphatic carbocycles. The number of benzene rings is 3. The first kappa shape index (κ1) is 17.5. The van der Waals surface area contributed by atoms with E-state index in [9.17, 15) is 0 Å². The van der Waals surface area contributed by atoms with E-state index < -0.39 is 0 Å². The van der Waals surface area contributed by atoms with Crippen LogP contribution in [0.1, 0.15) is 24.0 Å². The summed E-state index contributed by atoms with van der Waals surface area (Å²) in [7, 11) is 0. The Morgan fingerprint density at radius 1 is 0.793 bits per heavy atom. The molecule has 0 unspecified atom stereocenters. The minimum atomic E-state index is 0.736. The van der Waals surface area contributed by atoms with Gasteiger partial charge >= 0.3 is 0 Å². The molecule has 1 aliphatic rings. The highest BCUT2D eigenvalue weighted by Crippen LogP contribution is 2.28. The normalized spacial score (nSPS) is 13.4. The van der Waals surface area contributed by atoms with E-state index in [-0.39, 0.29) is 0 Å². The summed E-state index contributed by atoms with van der Waals surface area (Å²) in [6.07, 6.45) is 8.86. The molecule has 3 heteroatoms. The molecule has 1 aromatic heterocycles. The smallest absolute Gasteiger partial charge is 0.175 e. The molecule has 0 aliphatic heterocycles. The topological polar surface area (TPSA) is 33.6 Å². The number of nitrogens with one attached hydrogen (secondary N) is 1. The largest absolute Gasteiger partial charge is 0.263 e. The molecule has 1 N–H and O–H groups in total. The van der Waals surface area contributed by atoms with Crippen LogP contribution in [-0.2, 0) is 6.54 Å². The van der Waals surface area contributed by atoms with Crippen LogP contribution in [0, 0.1) is 0 Å². The molecule has 0 fully saturated rings. The van der Waals surface area contributed by atoms with E-state index in [1.807, 2.05) is 23.0 Å². The van der Waals surface area contributed by atoms with Crippen LogP contribution in [0.5, 0.6) is 0 Å². The van der Waals surface area contributed by atoms with Crippen molar-refractivity contribution in [3.8, 4) is 22.5 Å². The van der Waals surface area contributed by atoms with E-state index in [1.165, 1.54) is 27.8 Å². The van der Waals surface area contributed by atoms with E-state index in [1.54, 1.807) is 0 Å². The molecule has 4 aromatic rings. The number of rotatable bonds is 5. The van der Waals surface area contributed by atoms with Gasteiger partial charge in [-0.15, -0.1) is 5.10 Å². The summed E-state index contributed by atoms with van der Waals surface area (Å²) in [6, 6.07) is 27.8. The van der Waals surface area contributed by atoms with Gasteiger partial charge in [0.25, 0.3) is 0 Å². The maximum atomic E-state index is 4.59. The lowest BCUT2D eigenvalue weighted by molar-refractivity contribution is 0.509. The van der Waals surface area contributed by atoms with E-state index in [4.69, 9.17) is 0 Å². The summed E-state index contributed by atoms with van der Waals surface area (Å²) < 4.78 is 0. The first-order valence-corrected chi connectivity index (χ1v) is 10.1. The molecule has 142 valence electrons. The van der Waals surface area contributed by atoms with E-state index in [0.29, 0.717) is 0 Å². The molecule has 1 heterocycles. The van der Waals surface area contributed by atoms with E-state index >= 15 is 0 Å². The van der Waals surface area contributed by atoms with Crippen molar-refractivity contribution < 1.29 is 0 Å². The third kappa shape index (κ3) is 3.85. The van der Waals surface area contributed by atoms with Gasteiger partial charge < -0.3 is 0 Å². The van der Waals surface area contributed by atoms with Crippen molar-refractivity contribution in [2.45, 2.75) is 19.4 Å². The number of hydrogen-bond donors (Lipinski definition) is 1. The first-order chi connectivity index (χ1) is 14.3. The molecule has 0 atom stereocenters. The zero-order valence-electron chi connectivity index (χ0n) is 16.3. The van der Waals surface area contributed by atoms with Gasteiger partial charge in [-0.05, 0) is 52.8 Å². The Morgan fingerprint density at radius 3 is 2.31 bits per heavy atom. The van der Waals surface area contributed by atoms with Gasteiger partial charge in [-0.1, -0.05) is 85.0 Å². The van der Waals surface area contributed by atoms with Crippen LogP contribution in [0.25, 0.3) is 28.1 Å². The Balaban J connectivity index is 1.35. The van der Waals surface area contributed by atoms with Crippen LogP contribution in [0.2, 0.25) is 0 Å². The summed E-state index contributed by atoms with van der Waals surface area (Å²) in [5.74, 6) is 0.921. The average Bonchev–Trinajstić information content (AvgIpc) is 2.77. The predicted molar refractivity (Wildman–Crippen MR) is 119 cm³/mol. The number of aromatic nitrogens is 3. The Morgan fingerprint density at radius 2 is 1.52 bits per heavy atom. The van der Waals surface area contributed by atoms with Crippen molar-refractivity contribution in [3.05, 3.63) is 108 Å². The Kier molecular flexibility index (Phi) is 4.71. The molecule has 0 saturated carbocycles. The molecule has 29 heavy (non-hydrogen) atoms. The van der Waals surface area contributed by atoms with Gasteiger partial charge in [-0.25, -0.2) is 0 Å². The lowest BCUT2D eigenvalue weighted by Gasteiger charge is -2.15. The summed E-state index contributed by atoms with van der Waals surface area (Å²) in [4.78, 5) is 1.89. The lowest BCUT2D eigenvalue weighted by Crippen LogP contribution is -2.17. The molecule has 0 radical (unpaired) electrons. The molecule has 0 bridgehead atoms. The second-order valence-corrected chi connectivity index (χ2v) is 7.42. The molecule has 3 aromatic carbocycles. The second kappa shape index (κ2) is 7.80. The van der Waals surface area contributed by atoms with Crippen molar-refractivity contribution in [2.24, 2.45) is 0 Å². The van der Waals surface area contributed by atoms with Crippen molar-refractivity contribution in [1.82, 2.24) is 15.0 Å². The Labute approximate surface area is 171 Å². The van der Waals surface area contributed by atoms with E-state index in [0.717, 1.165) is 30.8 Å². The van der Waals surface area contributed by atoms with Gasteiger partial charge in [-0.3, -0.25) is 5.10 Å². The van der Waals surface area contributed by atoms with Gasteiger partial charge in [0.15, 0.2) is 5.82 Å². The van der Waals surface area contributed by atoms with Crippen molar-refractivity contribution in [3.63, 3.8) is 0 Å². The van der Waals surface area contributed by atoms with Gasteiger partial charge in [0.2, 0.25) is 0 Å². The zero-order chi connectivity index (χ0) is 19.5. The zero-order valence-corrected chi connectivity index (χ0v) is 16.3. The van der Waals surface area contributed by atoms with Crippen molar-refractivity contribution in [1.29, 1.82) is 0 Å². The highest BCUT2D eigenvalue weighted by atomic mass is 15.5. The van der Waals surface area contributed by atoms with Gasteiger partial charge in [0.05, 0.1) is 6.54 Å². The molecule has 0 amide bonds. The second-order valence-electron chi connectivity index (χ2n) is 7.42. The van der Waals surface area contributed by atoms with Gasteiger partial charge in [0.1, 0.15) is 0 Å². The highest BCUT2D eigenvalue weighted by molar-refractivity contribution is 5.74. The number of allylic oxidation sites excluding steroid dienone is 4. The first-order valence-electron chi connectivity index (χ1n) is 10.1. The van der Waals surface area contributed by atoms with Crippen LogP contribution in [-0.4, -0.2) is 15.0 Å². The third-order valence-corrected chi connectivity index (χ3v) is 5.34. The molecular formula is C26H23N3.